The van der Waals surface area contributed by atoms with Gasteiger partial charge >= 0.3 is 97.4 Å². The van der Waals surface area contributed by atoms with E-state index in [-0.39, 0.29) is 43.5 Å². The SMILES string of the molecule is CC1C2CC(C1C)C(C(O)(C(F)(F)F)C(F)(F)F)C2.CCC(C)(C(=O)OC1CC(C(O)(C(F)(F)F)C(F)(F)F)CC(C(O)(C(F)(F)F)C(F)(F)F)C1)C(F)(F)F.CCC(C)(C)C(=O)OC(C1CCC(C(O)(C(F)(F)F)C(F)(F)F)CC1)(C(F)(F)F)C(F)(F)F.CCC(C)(C)C(=O)OC1CCOC1=O. The minimum absolute atomic E-state index is 0.118. The number of rotatable bonds is 14. The van der Waals surface area contributed by atoms with Crippen molar-refractivity contribution in [3.05, 3.63) is 0 Å². The second kappa shape index (κ2) is 30.5. The average Bonchev–Trinajstić information content (AvgIpc) is 1.24. The molecule has 4 N–H and O–H groups in total. The Morgan fingerprint density at radius 2 is 0.728 bits per heavy atom. The maximum Gasteiger partial charge on any atom is 0.437 e. The Hall–Kier alpha value is -4.59. The standard InChI is InChI=1S/C18H19F15O4.C18H22F12O3.C12H16F6O.C10H16O4/c1-3-11(2,14(19,20)21)10(34)37-9-5-7(12(35,15(22,23)24)16(25,26)27)4-8(6-9)13(36,17(28,29)30)18(31,32)33;1-4-12(2,3)11(31)33-14(17(25,26)27,18(28,29)30)10-7-5-9(6-8-10)13(32,15(19,20)21)16(22,23)24;1-5-6(2)8-3-7(5)4-9(8)10(19,11(13,14)15)12(16,17)18;1-4-10(2,3)9(12)14-7-5-6-13-8(7)11/h7-9,35-36H,3-6H2,1-2H3;9-10,32H,4-8H2,1-3H3;5-9,19H,3-4H2,1-2H3;7H,4-6H2,1-3H3. The predicted octanol–water partition coefficient (Wildman–Crippen LogP) is 17.5. The first-order chi connectivity index (χ1) is 45.3. The molecule has 103 heavy (non-hydrogen) atoms. The molecule has 1 heterocycles. The maximum atomic E-state index is 13.8. The molecule has 0 aromatic rings. The van der Waals surface area contributed by atoms with Gasteiger partial charge in [-0.3, -0.25) is 14.4 Å². The molecule has 608 valence electrons. The number of hydrogen-bond donors (Lipinski definition) is 4. The second-order valence-corrected chi connectivity index (χ2v) is 27.6. The van der Waals surface area contributed by atoms with Crippen molar-refractivity contribution < 1.29 is 203 Å². The zero-order chi connectivity index (χ0) is 81.9. The summed E-state index contributed by atoms with van der Waals surface area (Å²) in [7, 11) is 0. The van der Waals surface area contributed by atoms with E-state index in [0.717, 1.165) is 20.8 Å². The van der Waals surface area contributed by atoms with Gasteiger partial charge in [-0.25, -0.2) is 4.79 Å². The minimum atomic E-state index is -6.77. The molecule has 45 heteroatoms. The topological polar surface area (TPSA) is 186 Å². The highest BCUT2D eigenvalue weighted by Crippen LogP contribution is 2.65. The maximum absolute atomic E-state index is 13.8. The quantitative estimate of drug-likeness (QED) is 0.0734. The van der Waals surface area contributed by atoms with E-state index in [1.54, 1.807) is 20.8 Å². The van der Waals surface area contributed by atoms with Crippen molar-refractivity contribution in [3.8, 4) is 0 Å². The third-order valence-corrected chi connectivity index (χ3v) is 20.8. The van der Waals surface area contributed by atoms with Crippen LogP contribution in [0.4, 0.5) is 145 Å². The lowest BCUT2D eigenvalue weighted by Gasteiger charge is -2.48. The Bertz CT molecular complexity index is 2730. The summed E-state index contributed by atoms with van der Waals surface area (Å²) in [4.78, 5) is 46.9. The third kappa shape index (κ3) is 18.3. The molecule has 0 aromatic carbocycles. The van der Waals surface area contributed by atoms with Crippen LogP contribution >= 0.6 is 0 Å². The van der Waals surface area contributed by atoms with Crippen molar-refractivity contribution in [2.45, 2.75) is 261 Å². The monoisotopic (exact) mass is 1590 g/mol. The van der Waals surface area contributed by atoms with Crippen molar-refractivity contribution >= 4 is 23.9 Å². The van der Waals surface area contributed by atoms with Crippen molar-refractivity contribution in [1.82, 2.24) is 0 Å². The van der Waals surface area contributed by atoms with Crippen LogP contribution in [-0.4, -0.2) is 159 Å². The van der Waals surface area contributed by atoms with Crippen LogP contribution in [0.15, 0.2) is 0 Å². The summed E-state index contributed by atoms with van der Waals surface area (Å²) in [5, 5.41) is 38.0. The van der Waals surface area contributed by atoms with Gasteiger partial charge in [0.1, 0.15) is 6.10 Å². The van der Waals surface area contributed by atoms with E-state index >= 15 is 0 Å². The highest BCUT2D eigenvalue weighted by molar-refractivity contribution is 5.83. The molecule has 5 aliphatic rings. The summed E-state index contributed by atoms with van der Waals surface area (Å²) in [6, 6.07) is 0. The molecule has 0 amide bonds. The Labute approximate surface area is 563 Å². The summed E-state index contributed by atoms with van der Waals surface area (Å²) in [6.07, 6.45) is -84.9. The fourth-order valence-electron chi connectivity index (χ4n) is 12.8. The average molecular weight is 1590 g/mol. The Kier molecular flexibility index (Phi) is 27.9. The molecule has 4 aliphatic carbocycles. The largest absolute Gasteiger partial charge is 0.463 e. The van der Waals surface area contributed by atoms with Gasteiger partial charge in [0.25, 0.3) is 22.4 Å². The summed E-state index contributed by atoms with van der Waals surface area (Å²) in [5.41, 5.74) is -32.9. The van der Waals surface area contributed by atoms with E-state index in [1.807, 2.05) is 13.8 Å². The molecule has 1 aliphatic heterocycles. The molecule has 0 aromatic heterocycles. The fraction of sp³-hybridized carbons (Fsp3) is 0.931. The van der Waals surface area contributed by atoms with Crippen LogP contribution in [0, 0.1) is 69.5 Å². The number of carbonyl (C=O) groups is 4. The first-order valence-electron chi connectivity index (χ1n) is 30.8. The van der Waals surface area contributed by atoms with E-state index in [2.05, 4.69) is 9.47 Å². The lowest BCUT2D eigenvalue weighted by molar-refractivity contribution is -0.405. The Morgan fingerprint density at radius 3 is 1.01 bits per heavy atom. The van der Waals surface area contributed by atoms with Gasteiger partial charge in [0, 0.05) is 36.0 Å². The zero-order valence-corrected chi connectivity index (χ0v) is 55.3. The van der Waals surface area contributed by atoms with Gasteiger partial charge in [-0.15, -0.1) is 0 Å². The number of halogens is 33. The van der Waals surface area contributed by atoms with E-state index in [1.165, 1.54) is 6.92 Å². The molecule has 0 spiro atoms. The van der Waals surface area contributed by atoms with Crippen LogP contribution in [0.3, 0.4) is 0 Å². The van der Waals surface area contributed by atoms with Crippen molar-refractivity contribution in [2.24, 2.45) is 69.5 Å². The predicted molar refractivity (Wildman–Crippen MR) is 281 cm³/mol. The molecular weight excluding hydrogens is 1520 g/mol. The van der Waals surface area contributed by atoms with Crippen LogP contribution < -0.4 is 0 Å². The van der Waals surface area contributed by atoms with Gasteiger partial charge in [0.2, 0.25) is 6.10 Å². The van der Waals surface area contributed by atoms with Gasteiger partial charge in [0.05, 0.1) is 17.4 Å². The van der Waals surface area contributed by atoms with Crippen LogP contribution in [0.2, 0.25) is 0 Å². The number of hydrogen-bond acceptors (Lipinski definition) is 12. The van der Waals surface area contributed by atoms with Crippen LogP contribution in [0.25, 0.3) is 0 Å². The van der Waals surface area contributed by atoms with Gasteiger partial charge in [-0.2, -0.15) is 145 Å². The highest BCUT2D eigenvalue weighted by atomic mass is 19.5. The van der Waals surface area contributed by atoms with Gasteiger partial charge < -0.3 is 39.4 Å². The van der Waals surface area contributed by atoms with Gasteiger partial charge in [-0.1, -0.05) is 34.6 Å². The molecule has 5 fully saturated rings. The number of aliphatic hydroxyl groups is 4. The number of carbonyl (C=O) groups excluding carboxylic acids is 4. The zero-order valence-electron chi connectivity index (χ0n) is 55.3. The molecule has 5 rings (SSSR count). The number of fused-ring (bicyclic) bond motifs is 2. The number of esters is 4. The lowest BCUT2D eigenvalue weighted by Crippen LogP contribution is -2.67. The van der Waals surface area contributed by atoms with E-state index in [0.29, 0.717) is 25.9 Å². The fourth-order valence-corrected chi connectivity index (χ4v) is 12.8. The van der Waals surface area contributed by atoms with Crippen LogP contribution in [0.5, 0.6) is 0 Å². The van der Waals surface area contributed by atoms with Crippen LogP contribution in [0.1, 0.15) is 153 Å². The van der Waals surface area contributed by atoms with Crippen molar-refractivity contribution in [3.63, 3.8) is 0 Å². The molecule has 4 saturated carbocycles. The second-order valence-electron chi connectivity index (χ2n) is 27.6. The first-order valence-corrected chi connectivity index (χ1v) is 30.8. The number of cyclic esters (lactones) is 1. The molecule has 1 saturated heterocycles. The summed E-state index contributed by atoms with van der Waals surface area (Å²) in [5.74, 6) is -20.6. The summed E-state index contributed by atoms with van der Waals surface area (Å²) < 4.78 is 456. The van der Waals surface area contributed by atoms with E-state index in [4.69, 9.17) is 9.47 Å². The number of ether oxygens (including phenoxy) is 4. The van der Waals surface area contributed by atoms with E-state index < -0.39 is 229 Å². The Balaban J connectivity index is 0.000000495. The van der Waals surface area contributed by atoms with E-state index in [9.17, 15) is 184 Å². The number of alkyl halides is 33. The molecule has 12 nitrogen and oxygen atoms in total. The summed E-state index contributed by atoms with van der Waals surface area (Å²) in [6.45, 7) is 13.6. The smallest absolute Gasteiger partial charge is 0.437 e. The van der Waals surface area contributed by atoms with Gasteiger partial charge in [-0.05, 0) is 135 Å². The Morgan fingerprint density at radius 1 is 0.388 bits per heavy atom. The van der Waals surface area contributed by atoms with Crippen LogP contribution in [-0.2, 0) is 38.1 Å². The first kappa shape index (κ1) is 94.5. The van der Waals surface area contributed by atoms with Gasteiger partial charge in [0.15, 0.2) is 5.41 Å². The normalized spacial score (nSPS) is 26.5. The minimum Gasteiger partial charge on any atom is -0.463 e. The van der Waals surface area contributed by atoms with Crippen molar-refractivity contribution in [1.29, 1.82) is 0 Å². The lowest BCUT2D eigenvalue weighted by atomic mass is 9.65. The van der Waals surface area contributed by atoms with Crippen molar-refractivity contribution in [2.75, 3.05) is 6.61 Å². The molecule has 0 radical (unpaired) electrons. The molecule has 9 unspecified atom stereocenters. The highest BCUT2D eigenvalue weighted by Gasteiger charge is 2.82. The summed E-state index contributed by atoms with van der Waals surface area (Å²) >= 11 is 0. The molecular formula is C58H73F33O12. The third-order valence-electron chi connectivity index (χ3n) is 20.8. The molecule has 2 bridgehead atoms. The molecule has 9 atom stereocenters.